The number of hydrogen-bond donors (Lipinski definition) is 1. The summed E-state index contributed by atoms with van der Waals surface area (Å²) in [5.74, 6) is 0.908. The van der Waals surface area contributed by atoms with Gasteiger partial charge in [-0.25, -0.2) is 0 Å². The SMILES string of the molecule is COc1csc(C(N)CCc2ccsc2)c1. The van der Waals surface area contributed by atoms with E-state index >= 15 is 0 Å². The summed E-state index contributed by atoms with van der Waals surface area (Å²) in [7, 11) is 1.68. The molecule has 0 saturated heterocycles. The Kier molecular flexibility index (Phi) is 3.98. The summed E-state index contributed by atoms with van der Waals surface area (Å²) in [6.45, 7) is 0. The summed E-state index contributed by atoms with van der Waals surface area (Å²) < 4.78 is 5.15. The van der Waals surface area contributed by atoms with Gasteiger partial charge < -0.3 is 10.5 Å². The Morgan fingerprint density at radius 2 is 2.31 bits per heavy atom. The molecule has 4 heteroatoms. The molecule has 0 fully saturated rings. The highest BCUT2D eigenvalue weighted by molar-refractivity contribution is 7.10. The summed E-state index contributed by atoms with van der Waals surface area (Å²) in [4.78, 5) is 1.20. The van der Waals surface area contributed by atoms with Crippen LogP contribution >= 0.6 is 22.7 Å². The number of rotatable bonds is 5. The van der Waals surface area contributed by atoms with Crippen molar-refractivity contribution in [1.29, 1.82) is 0 Å². The number of aryl methyl sites for hydroxylation is 1. The molecule has 1 atom stereocenters. The van der Waals surface area contributed by atoms with Crippen molar-refractivity contribution in [1.82, 2.24) is 0 Å². The molecule has 0 aliphatic heterocycles. The van der Waals surface area contributed by atoms with E-state index < -0.39 is 0 Å². The van der Waals surface area contributed by atoms with Gasteiger partial charge in [-0.05, 0) is 41.3 Å². The van der Waals surface area contributed by atoms with Gasteiger partial charge in [0.1, 0.15) is 5.75 Å². The van der Waals surface area contributed by atoms with E-state index in [1.54, 1.807) is 29.8 Å². The molecule has 0 aliphatic carbocycles. The smallest absolute Gasteiger partial charge is 0.129 e. The van der Waals surface area contributed by atoms with Crippen LogP contribution in [0.1, 0.15) is 22.9 Å². The van der Waals surface area contributed by atoms with Crippen molar-refractivity contribution in [3.63, 3.8) is 0 Å². The molecule has 0 aliphatic rings. The van der Waals surface area contributed by atoms with Gasteiger partial charge >= 0.3 is 0 Å². The van der Waals surface area contributed by atoms with Gasteiger partial charge in [0.25, 0.3) is 0 Å². The fourth-order valence-corrected chi connectivity index (χ4v) is 3.13. The van der Waals surface area contributed by atoms with Gasteiger partial charge in [-0.2, -0.15) is 11.3 Å². The van der Waals surface area contributed by atoms with E-state index in [4.69, 9.17) is 10.5 Å². The highest BCUT2D eigenvalue weighted by Gasteiger charge is 2.09. The van der Waals surface area contributed by atoms with Crippen LogP contribution in [0.25, 0.3) is 0 Å². The minimum atomic E-state index is 0.119. The summed E-state index contributed by atoms with van der Waals surface area (Å²) in [6, 6.07) is 4.31. The van der Waals surface area contributed by atoms with Crippen molar-refractivity contribution >= 4 is 22.7 Å². The van der Waals surface area contributed by atoms with Crippen LogP contribution in [0, 0.1) is 0 Å². The summed E-state index contributed by atoms with van der Waals surface area (Å²) in [5.41, 5.74) is 7.52. The highest BCUT2D eigenvalue weighted by atomic mass is 32.1. The summed E-state index contributed by atoms with van der Waals surface area (Å²) in [6.07, 6.45) is 2.03. The molecule has 0 saturated carbocycles. The van der Waals surface area contributed by atoms with Gasteiger partial charge in [0.2, 0.25) is 0 Å². The predicted octanol–water partition coefficient (Wildman–Crippen LogP) is 3.45. The molecule has 2 aromatic rings. The second-order valence-electron chi connectivity index (χ2n) is 3.67. The van der Waals surface area contributed by atoms with Gasteiger partial charge in [-0.1, -0.05) is 0 Å². The van der Waals surface area contributed by atoms with Crippen molar-refractivity contribution < 1.29 is 4.74 Å². The quantitative estimate of drug-likeness (QED) is 0.885. The first-order chi connectivity index (χ1) is 7.79. The van der Waals surface area contributed by atoms with Crippen LogP contribution < -0.4 is 10.5 Å². The normalized spacial score (nSPS) is 12.6. The monoisotopic (exact) mass is 253 g/mol. The highest BCUT2D eigenvalue weighted by Crippen LogP contribution is 2.28. The maximum atomic E-state index is 6.14. The molecule has 2 heterocycles. The number of hydrogen-bond acceptors (Lipinski definition) is 4. The molecule has 86 valence electrons. The molecule has 0 radical (unpaired) electrons. The fourth-order valence-electron chi connectivity index (χ4n) is 1.54. The number of nitrogens with two attached hydrogens (primary N) is 1. The topological polar surface area (TPSA) is 35.2 Å². The fraction of sp³-hybridized carbons (Fsp3) is 0.333. The average molecular weight is 253 g/mol. The van der Waals surface area contributed by atoms with Crippen LogP contribution in [0.4, 0.5) is 0 Å². The van der Waals surface area contributed by atoms with E-state index in [0.717, 1.165) is 18.6 Å². The number of ether oxygens (including phenoxy) is 1. The van der Waals surface area contributed by atoms with Gasteiger partial charge in [0.15, 0.2) is 0 Å². The molecule has 0 amide bonds. The molecule has 1 unspecified atom stereocenters. The average Bonchev–Trinajstić information content (AvgIpc) is 2.96. The maximum Gasteiger partial charge on any atom is 0.129 e. The van der Waals surface area contributed by atoms with Gasteiger partial charge in [-0.3, -0.25) is 0 Å². The van der Waals surface area contributed by atoms with Crippen molar-refractivity contribution in [3.05, 3.63) is 38.7 Å². The van der Waals surface area contributed by atoms with Crippen LogP contribution in [0.3, 0.4) is 0 Å². The second kappa shape index (κ2) is 5.48. The lowest BCUT2D eigenvalue weighted by atomic mass is 10.1. The molecule has 0 aromatic carbocycles. The number of methoxy groups -OCH3 is 1. The van der Waals surface area contributed by atoms with E-state index in [9.17, 15) is 0 Å². The third-order valence-corrected chi connectivity index (χ3v) is 4.30. The molecule has 0 bridgehead atoms. The predicted molar refractivity (Wildman–Crippen MR) is 70.4 cm³/mol. The van der Waals surface area contributed by atoms with Gasteiger partial charge in [0, 0.05) is 16.3 Å². The zero-order chi connectivity index (χ0) is 11.4. The Labute approximate surface area is 104 Å². The molecule has 2 N–H and O–H groups in total. The van der Waals surface area contributed by atoms with E-state index in [1.807, 2.05) is 11.4 Å². The molecule has 2 nitrogen and oxygen atoms in total. The van der Waals surface area contributed by atoms with E-state index in [0.29, 0.717) is 0 Å². The Morgan fingerprint density at radius 1 is 1.44 bits per heavy atom. The van der Waals surface area contributed by atoms with Gasteiger partial charge in [0.05, 0.1) is 7.11 Å². The Balaban J connectivity index is 1.90. The van der Waals surface area contributed by atoms with E-state index in [2.05, 4.69) is 16.8 Å². The summed E-state index contributed by atoms with van der Waals surface area (Å²) >= 11 is 3.41. The first-order valence-electron chi connectivity index (χ1n) is 5.18. The molecular formula is C12H15NOS2. The van der Waals surface area contributed by atoms with Crippen molar-refractivity contribution in [2.75, 3.05) is 7.11 Å². The largest absolute Gasteiger partial charge is 0.496 e. The van der Waals surface area contributed by atoms with Crippen LogP contribution in [-0.2, 0) is 6.42 Å². The molecule has 2 aromatic heterocycles. The Morgan fingerprint density at radius 3 is 2.94 bits per heavy atom. The first-order valence-corrected chi connectivity index (χ1v) is 7.01. The molecule has 0 spiro atoms. The third-order valence-electron chi connectivity index (χ3n) is 2.52. The third kappa shape index (κ3) is 2.84. The van der Waals surface area contributed by atoms with Crippen LogP contribution in [0.2, 0.25) is 0 Å². The van der Waals surface area contributed by atoms with E-state index in [-0.39, 0.29) is 6.04 Å². The zero-order valence-electron chi connectivity index (χ0n) is 9.18. The van der Waals surface area contributed by atoms with Crippen LogP contribution in [0.15, 0.2) is 28.3 Å². The van der Waals surface area contributed by atoms with Gasteiger partial charge in [-0.15, -0.1) is 11.3 Å². The number of thiophene rings is 2. The molecule has 16 heavy (non-hydrogen) atoms. The van der Waals surface area contributed by atoms with Crippen molar-refractivity contribution in [3.8, 4) is 5.75 Å². The Hall–Kier alpha value is -0.840. The second-order valence-corrected chi connectivity index (χ2v) is 5.39. The molecular weight excluding hydrogens is 238 g/mol. The Bertz CT molecular complexity index is 422. The lowest BCUT2D eigenvalue weighted by Gasteiger charge is -2.07. The van der Waals surface area contributed by atoms with Crippen molar-refractivity contribution in [2.45, 2.75) is 18.9 Å². The van der Waals surface area contributed by atoms with Crippen LogP contribution in [0.5, 0.6) is 5.75 Å². The zero-order valence-corrected chi connectivity index (χ0v) is 10.8. The van der Waals surface area contributed by atoms with Crippen molar-refractivity contribution in [2.24, 2.45) is 5.73 Å². The lowest BCUT2D eigenvalue weighted by Crippen LogP contribution is -2.09. The molecule has 2 rings (SSSR count). The lowest BCUT2D eigenvalue weighted by molar-refractivity contribution is 0.416. The standard InChI is InChI=1S/C12H15NOS2/c1-14-10-6-12(16-8-10)11(13)3-2-9-4-5-15-7-9/h4-8,11H,2-3,13H2,1H3. The minimum absolute atomic E-state index is 0.119. The maximum absolute atomic E-state index is 6.14. The van der Waals surface area contributed by atoms with Crippen LogP contribution in [-0.4, -0.2) is 7.11 Å². The minimum Gasteiger partial charge on any atom is -0.496 e. The van der Waals surface area contributed by atoms with E-state index in [1.165, 1.54) is 10.4 Å². The summed E-state index contributed by atoms with van der Waals surface area (Å²) in [5, 5.41) is 6.29. The first kappa shape index (κ1) is 11.6.